The molecule has 0 atom stereocenters. The lowest BCUT2D eigenvalue weighted by atomic mass is 10.2. The quantitative estimate of drug-likeness (QED) is 0.493. The summed E-state index contributed by atoms with van der Waals surface area (Å²) in [4.78, 5) is 20.0. The van der Waals surface area contributed by atoms with Crippen molar-refractivity contribution in [3.8, 4) is 0 Å². The Morgan fingerprint density at radius 3 is 2.80 bits per heavy atom. The Kier molecular flexibility index (Phi) is 6.55. The number of thioether (sulfide) groups is 1. The highest BCUT2D eigenvalue weighted by molar-refractivity contribution is 8.00. The van der Waals surface area contributed by atoms with Crippen LogP contribution in [-0.4, -0.2) is 33.8 Å². The fourth-order valence-corrected chi connectivity index (χ4v) is 2.18. The fourth-order valence-electron chi connectivity index (χ4n) is 1.27. The maximum Gasteiger partial charge on any atom is 0.316 e. The van der Waals surface area contributed by atoms with Gasteiger partial charge in [0.2, 0.25) is 5.95 Å². The predicted octanol–water partition coefficient (Wildman–Crippen LogP) is 3.39. The Morgan fingerprint density at radius 1 is 1.50 bits per heavy atom. The monoisotopic (exact) mass is 317 g/mol. The van der Waals surface area contributed by atoms with Gasteiger partial charge in [0.05, 0.1) is 17.0 Å². The van der Waals surface area contributed by atoms with Gasteiger partial charge in [-0.15, -0.1) is 0 Å². The van der Waals surface area contributed by atoms with Crippen molar-refractivity contribution >= 4 is 35.3 Å². The van der Waals surface area contributed by atoms with Crippen LogP contribution in [0.5, 0.6) is 0 Å². The first-order valence-corrected chi connectivity index (χ1v) is 7.79. The Labute approximate surface area is 128 Å². The van der Waals surface area contributed by atoms with Crippen LogP contribution in [0.2, 0.25) is 5.02 Å². The number of nitrogens with one attached hydrogen (secondary N) is 1. The van der Waals surface area contributed by atoms with Crippen LogP contribution in [0.15, 0.2) is 11.2 Å². The van der Waals surface area contributed by atoms with Gasteiger partial charge in [0.15, 0.2) is 0 Å². The van der Waals surface area contributed by atoms with Crippen molar-refractivity contribution in [1.82, 2.24) is 9.97 Å². The summed E-state index contributed by atoms with van der Waals surface area (Å²) in [6.45, 7) is 8.35. The molecule has 0 aromatic carbocycles. The summed E-state index contributed by atoms with van der Waals surface area (Å²) >= 11 is 7.27. The Balaban J connectivity index is 2.60. The summed E-state index contributed by atoms with van der Waals surface area (Å²) in [6, 6.07) is 0. The van der Waals surface area contributed by atoms with Gasteiger partial charge in [-0.3, -0.25) is 4.79 Å². The zero-order valence-corrected chi connectivity index (χ0v) is 13.8. The van der Waals surface area contributed by atoms with E-state index in [1.807, 2.05) is 20.8 Å². The molecular weight excluding hydrogens is 298 g/mol. The number of halogens is 1. The highest BCUT2D eigenvalue weighted by atomic mass is 35.5. The first-order chi connectivity index (χ1) is 9.31. The fraction of sp³-hybridized carbons (Fsp3) is 0.615. The van der Waals surface area contributed by atoms with Crippen LogP contribution in [0.1, 0.15) is 34.1 Å². The van der Waals surface area contributed by atoms with E-state index in [0.717, 1.165) is 13.0 Å². The third kappa shape index (κ3) is 6.43. The van der Waals surface area contributed by atoms with E-state index in [-0.39, 0.29) is 11.7 Å². The van der Waals surface area contributed by atoms with Gasteiger partial charge >= 0.3 is 5.97 Å². The molecule has 1 aromatic rings. The first kappa shape index (κ1) is 17.0. The molecule has 1 aromatic heterocycles. The van der Waals surface area contributed by atoms with Crippen molar-refractivity contribution < 1.29 is 9.53 Å². The second kappa shape index (κ2) is 7.69. The highest BCUT2D eigenvalue weighted by Crippen LogP contribution is 2.25. The summed E-state index contributed by atoms with van der Waals surface area (Å²) in [6.07, 6.45) is 2.51. The zero-order chi connectivity index (χ0) is 15.2. The third-order valence-corrected chi connectivity index (χ3v) is 3.35. The van der Waals surface area contributed by atoms with E-state index in [1.54, 1.807) is 0 Å². The number of anilines is 1. The minimum Gasteiger partial charge on any atom is -0.459 e. The van der Waals surface area contributed by atoms with E-state index in [9.17, 15) is 4.79 Å². The number of hydrogen-bond acceptors (Lipinski definition) is 6. The molecule has 0 spiro atoms. The lowest BCUT2D eigenvalue weighted by Gasteiger charge is -2.19. The van der Waals surface area contributed by atoms with Crippen molar-refractivity contribution in [2.24, 2.45) is 0 Å². The van der Waals surface area contributed by atoms with E-state index < -0.39 is 5.60 Å². The number of hydrogen-bond donors (Lipinski definition) is 1. The van der Waals surface area contributed by atoms with Crippen molar-refractivity contribution in [2.45, 2.75) is 44.7 Å². The molecule has 7 heteroatoms. The van der Waals surface area contributed by atoms with Crippen LogP contribution in [0.25, 0.3) is 0 Å². The topological polar surface area (TPSA) is 64.1 Å². The normalized spacial score (nSPS) is 11.2. The average Bonchev–Trinajstić information content (AvgIpc) is 2.34. The third-order valence-electron chi connectivity index (χ3n) is 1.99. The Bertz CT molecular complexity index is 463. The first-order valence-electron chi connectivity index (χ1n) is 6.43. The predicted molar refractivity (Wildman–Crippen MR) is 82.4 cm³/mol. The SMILES string of the molecule is CCCNc1ncc(Cl)c(SCC(=O)OC(C)(C)C)n1. The second-order valence-corrected chi connectivity index (χ2v) is 6.52. The molecule has 0 saturated heterocycles. The molecule has 1 N–H and O–H groups in total. The van der Waals surface area contributed by atoms with Gasteiger partial charge < -0.3 is 10.1 Å². The molecule has 0 fully saturated rings. The number of carbonyl (C=O) groups excluding carboxylic acids is 1. The maximum atomic E-state index is 11.7. The lowest BCUT2D eigenvalue weighted by Crippen LogP contribution is -2.24. The summed E-state index contributed by atoms with van der Waals surface area (Å²) < 4.78 is 5.23. The molecule has 0 aliphatic rings. The minimum absolute atomic E-state index is 0.168. The molecule has 112 valence electrons. The highest BCUT2D eigenvalue weighted by Gasteiger charge is 2.17. The molecular formula is C13H20ClN3O2S. The Hall–Kier alpha value is -1.01. The van der Waals surface area contributed by atoms with Gasteiger partial charge in [0, 0.05) is 6.54 Å². The number of rotatable bonds is 6. The molecule has 0 aliphatic heterocycles. The average molecular weight is 318 g/mol. The maximum absolute atomic E-state index is 11.7. The number of nitrogens with zero attached hydrogens (tertiary/aromatic N) is 2. The van der Waals surface area contributed by atoms with E-state index in [4.69, 9.17) is 16.3 Å². The van der Waals surface area contributed by atoms with Crippen LogP contribution in [0.3, 0.4) is 0 Å². The Morgan fingerprint density at radius 2 is 2.20 bits per heavy atom. The van der Waals surface area contributed by atoms with E-state index in [2.05, 4.69) is 22.2 Å². The molecule has 0 aliphatic carbocycles. The van der Waals surface area contributed by atoms with Crippen molar-refractivity contribution in [1.29, 1.82) is 0 Å². The second-order valence-electron chi connectivity index (χ2n) is 5.15. The van der Waals surface area contributed by atoms with Gasteiger partial charge in [0.1, 0.15) is 10.6 Å². The van der Waals surface area contributed by atoms with Gasteiger partial charge in [-0.2, -0.15) is 0 Å². The molecule has 1 rings (SSSR count). The van der Waals surface area contributed by atoms with Crippen LogP contribution in [0.4, 0.5) is 5.95 Å². The molecule has 1 heterocycles. The standard InChI is InChI=1S/C13H20ClN3O2S/c1-5-6-15-12-16-7-9(14)11(17-12)20-8-10(18)19-13(2,3)4/h7H,5-6,8H2,1-4H3,(H,15,16,17). The minimum atomic E-state index is -0.485. The molecule has 20 heavy (non-hydrogen) atoms. The molecule has 0 amide bonds. The number of carbonyl (C=O) groups is 1. The van der Waals surface area contributed by atoms with E-state index in [0.29, 0.717) is 16.0 Å². The van der Waals surface area contributed by atoms with Gasteiger partial charge in [-0.05, 0) is 27.2 Å². The summed E-state index contributed by atoms with van der Waals surface area (Å²) in [5.41, 5.74) is -0.485. The molecule has 0 bridgehead atoms. The molecule has 5 nitrogen and oxygen atoms in total. The smallest absolute Gasteiger partial charge is 0.316 e. The van der Waals surface area contributed by atoms with Gasteiger partial charge in [-0.1, -0.05) is 30.3 Å². The number of ether oxygens (including phenoxy) is 1. The summed E-state index contributed by atoms with van der Waals surface area (Å²) in [5.74, 6) is 0.393. The van der Waals surface area contributed by atoms with Crippen LogP contribution < -0.4 is 5.32 Å². The molecule has 0 unspecified atom stereocenters. The van der Waals surface area contributed by atoms with Crippen molar-refractivity contribution in [2.75, 3.05) is 17.6 Å². The van der Waals surface area contributed by atoms with Crippen LogP contribution >= 0.6 is 23.4 Å². The lowest BCUT2D eigenvalue weighted by molar-refractivity contribution is -0.151. The van der Waals surface area contributed by atoms with E-state index >= 15 is 0 Å². The summed E-state index contributed by atoms with van der Waals surface area (Å²) in [5, 5.41) is 4.08. The van der Waals surface area contributed by atoms with Gasteiger partial charge in [0.25, 0.3) is 0 Å². The largest absolute Gasteiger partial charge is 0.459 e. The van der Waals surface area contributed by atoms with Crippen molar-refractivity contribution in [3.63, 3.8) is 0 Å². The zero-order valence-electron chi connectivity index (χ0n) is 12.2. The number of aromatic nitrogens is 2. The number of esters is 1. The van der Waals surface area contributed by atoms with Crippen molar-refractivity contribution in [3.05, 3.63) is 11.2 Å². The van der Waals surface area contributed by atoms with Crippen LogP contribution in [-0.2, 0) is 9.53 Å². The summed E-state index contributed by atoms with van der Waals surface area (Å²) in [7, 11) is 0. The van der Waals surface area contributed by atoms with Crippen LogP contribution in [0, 0.1) is 0 Å². The molecule has 0 saturated carbocycles. The van der Waals surface area contributed by atoms with E-state index in [1.165, 1.54) is 18.0 Å². The molecule has 0 radical (unpaired) electrons. The van der Waals surface area contributed by atoms with Gasteiger partial charge in [-0.25, -0.2) is 9.97 Å².